The van der Waals surface area contributed by atoms with Crippen LogP contribution < -0.4 is 5.32 Å². The summed E-state index contributed by atoms with van der Waals surface area (Å²) < 4.78 is 1.16. The standard InChI is InChI=1S/C23H25N3O2S/c1-3-24-21(27)17-12-13-18(14-17)26(2)23(28)16-10-8-15(9-11-16)22-25-19-6-4-5-7-20(19)29-22/h4-11,17-18H,3,12-14H2,1-2H3,(H,24,27)/t17-,18+/m0/s1. The summed E-state index contributed by atoms with van der Waals surface area (Å²) in [7, 11) is 1.84. The number of nitrogens with one attached hydrogen (secondary N) is 1. The summed E-state index contributed by atoms with van der Waals surface area (Å²) in [5.74, 6) is 0.120. The van der Waals surface area contributed by atoms with Gasteiger partial charge in [-0.05, 0) is 50.5 Å². The Morgan fingerprint density at radius 2 is 1.90 bits per heavy atom. The van der Waals surface area contributed by atoms with Gasteiger partial charge in [0.15, 0.2) is 0 Å². The SMILES string of the molecule is CCNC(=O)[C@H]1CC[C@@H](N(C)C(=O)c2ccc(-c3nc4ccccc4s3)cc2)C1. The zero-order chi connectivity index (χ0) is 20.4. The van der Waals surface area contributed by atoms with Crippen LogP contribution in [0.1, 0.15) is 36.5 Å². The maximum atomic E-state index is 12.9. The van der Waals surface area contributed by atoms with Gasteiger partial charge in [-0.15, -0.1) is 11.3 Å². The van der Waals surface area contributed by atoms with E-state index in [0.717, 1.165) is 40.1 Å². The van der Waals surface area contributed by atoms with Gasteiger partial charge in [-0.25, -0.2) is 4.98 Å². The second-order valence-electron chi connectivity index (χ2n) is 7.54. The molecule has 29 heavy (non-hydrogen) atoms. The number of fused-ring (bicyclic) bond motifs is 1. The molecule has 0 spiro atoms. The van der Waals surface area contributed by atoms with Gasteiger partial charge in [0.2, 0.25) is 5.91 Å². The van der Waals surface area contributed by atoms with Crippen LogP contribution in [-0.4, -0.2) is 41.3 Å². The van der Waals surface area contributed by atoms with E-state index < -0.39 is 0 Å². The lowest BCUT2D eigenvalue weighted by molar-refractivity contribution is -0.124. The Bertz CT molecular complexity index is 995. The molecular weight excluding hydrogens is 382 g/mol. The number of nitrogens with zero attached hydrogens (tertiary/aromatic N) is 2. The van der Waals surface area contributed by atoms with Crippen molar-refractivity contribution in [3.05, 3.63) is 54.1 Å². The van der Waals surface area contributed by atoms with Gasteiger partial charge < -0.3 is 10.2 Å². The number of thiazole rings is 1. The molecule has 2 atom stereocenters. The molecular formula is C23H25N3O2S. The summed E-state index contributed by atoms with van der Waals surface area (Å²) in [6.07, 6.45) is 2.44. The minimum atomic E-state index is 0.00222. The van der Waals surface area contributed by atoms with Crippen LogP contribution in [0.25, 0.3) is 20.8 Å². The van der Waals surface area contributed by atoms with E-state index >= 15 is 0 Å². The first-order chi connectivity index (χ1) is 14.1. The zero-order valence-electron chi connectivity index (χ0n) is 16.7. The van der Waals surface area contributed by atoms with Crippen molar-refractivity contribution in [2.24, 2.45) is 5.92 Å². The molecule has 1 fully saturated rings. The van der Waals surface area contributed by atoms with Crippen molar-refractivity contribution >= 4 is 33.4 Å². The Labute approximate surface area is 174 Å². The third kappa shape index (κ3) is 4.03. The number of carbonyl (C=O) groups excluding carboxylic acids is 2. The first-order valence-corrected chi connectivity index (χ1v) is 10.9. The van der Waals surface area contributed by atoms with Gasteiger partial charge in [0.1, 0.15) is 5.01 Å². The molecule has 0 saturated heterocycles. The highest BCUT2D eigenvalue weighted by atomic mass is 32.1. The Morgan fingerprint density at radius 1 is 1.14 bits per heavy atom. The maximum absolute atomic E-state index is 12.9. The molecule has 2 aromatic carbocycles. The van der Waals surface area contributed by atoms with Crippen molar-refractivity contribution in [1.29, 1.82) is 0 Å². The van der Waals surface area contributed by atoms with E-state index in [0.29, 0.717) is 12.1 Å². The molecule has 1 aromatic heterocycles. The third-order valence-electron chi connectivity index (χ3n) is 5.67. The highest BCUT2D eigenvalue weighted by Gasteiger charge is 2.33. The lowest BCUT2D eigenvalue weighted by atomic mass is 10.1. The number of aromatic nitrogens is 1. The molecule has 1 heterocycles. The van der Waals surface area contributed by atoms with Crippen LogP contribution in [-0.2, 0) is 4.79 Å². The molecule has 1 aliphatic carbocycles. The number of benzene rings is 2. The second-order valence-corrected chi connectivity index (χ2v) is 8.57. The Morgan fingerprint density at radius 3 is 2.62 bits per heavy atom. The monoisotopic (exact) mass is 407 g/mol. The summed E-state index contributed by atoms with van der Waals surface area (Å²) in [5.41, 5.74) is 2.68. The van der Waals surface area contributed by atoms with Crippen LogP contribution in [0.2, 0.25) is 0 Å². The first kappa shape index (κ1) is 19.6. The van der Waals surface area contributed by atoms with E-state index in [9.17, 15) is 9.59 Å². The lowest BCUT2D eigenvalue weighted by Gasteiger charge is -2.25. The van der Waals surface area contributed by atoms with Crippen LogP contribution in [0, 0.1) is 5.92 Å². The number of hydrogen-bond donors (Lipinski definition) is 1. The van der Waals surface area contributed by atoms with Crippen molar-refractivity contribution < 1.29 is 9.59 Å². The minimum absolute atomic E-state index is 0.00222. The molecule has 1 aliphatic rings. The van der Waals surface area contributed by atoms with E-state index in [1.165, 1.54) is 0 Å². The van der Waals surface area contributed by atoms with Crippen LogP contribution in [0.3, 0.4) is 0 Å². The third-order valence-corrected chi connectivity index (χ3v) is 6.75. The predicted molar refractivity (Wildman–Crippen MR) is 117 cm³/mol. The van der Waals surface area contributed by atoms with Gasteiger partial charge in [0.25, 0.3) is 5.91 Å². The average molecular weight is 408 g/mol. The second kappa shape index (κ2) is 8.33. The normalized spacial score (nSPS) is 18.7. The molecule has 4 rings (SSSR count). The van der Waals surface area contributed by atoms with Crippen LogP contribution in [0.4, 0.5) is 0 Å². The van der Waals surface area contributed by atoms with Crippen molar-refractivity contribution in [2.75, 3.05) is 13.6 Å². The number of carbonyl (C=O) groups is 2. The van der Waals surface area contributed by atoms with E-state index in [1.54, 1.807) is 16.2 Å². The van der Waals surface area contributed by atoms with E-state index in [1.807, 2.05) is 56.4 Å². The molecule has 5 nitrogen and oxygen atoms in total. The summed E-state index contributed by atoms with van der Waals surface area (Å²) in [5, 5.41) is 3.85. The number of amides is 2. The van der Waals surface area contributed by atoms with Crippen molar-refractivity contribution in [3.63, 3.8) is 0 Å². The summed E-state index contributed by atoms with van der Waals surface area (Å²) in [6.45, 7) is 2.58. The zero-order valence-corrected chi connectivity index (χ0v) is 17.5. The topological polar surface area (TPSA) is 62.3 Å². The molecule has 2 amide bonds. The quantitative estimate of drug-likeness (QED) is 0.684. The Hall–Kier alpha value is -2.73. The summed E-state index contributed by atoms with van der Waals surface area (Å²) in [4.78, 5) is 31.5. The summed E-state index contributed by atoms with van der Waals surface area (Å²) in [6, 6.07) is 15.9. The van der Waals surface area contributed by atoms with Crippen LogP contribution in [0.15, 0.2) is 48.5 Å². The number of hydrogen-bond acceptors (Lipinski definition) is 4. The smallest absolute Gasteiger partial charge is 0.253 e. The first-order valence-electron chi connectivity index (χ1n) is 10.1. The molecule has 1 N–H and O–H groups in total. The molecule has 0 unspecified atom stereocenters. The lowest BCUT2D eigenvalue weighted by Crippen LogP contribution is -2.36. The fourth-order valence-electron chi connectivity index (χ4n) is 3.99. The van der Waals surface area contributed by atoms with Gasteiger partial charge in [-0.1, -0.05) is 24.3 Å². The Balaban J connectivity index is 1.44. The minimum Gasteiger partial charge on any atom is -0.356 e. The average Bonchev–Trinajstić information content (AvgIpc) is 3.40. The van der Waals surface area contributed by atoms with Gasteiger partial charge >= 0.3 is 0 Å². The molecule has 1 saturated carbocycles. The van der Waals surface area contributed by atoms with E-state index in [4.69, 9.17) is 0 Å². The van der Waals surface area contributed by atoms with E-state index in [-0.39, 0.29) is 23.8 Å². The Kier molecular flexibility index (Phi) is 5.62. The molecule has 0 radical (unpaired) electrons. The van der Waals surface area contributed by atoms with Crippen molar-refractivity contribution in [2.45, 2.75) is 32.2 Å². The molecule has 0 aliphatic heterocycles. The van der Waals surface area contributed by atoms with E-state index in [2.05, 4.69) is 16.4 Å². The maximum Gasteiger partial charge on any atom is 0.253 e. The number of para-hydroxylation sites is 1. The van der Waals surface area contributed by atoms with Crippen LogP contribution in [0.5, 0.6) is 0 Å². The molecule has 3 aromatic rings. The fraction of sp³-hybridized carbons (Fsp3) is 0.348. The van der Waals surface area contributed by atoms with Gasteiger partial charge in [-0.2, -0.15) is 0 Å². The summed E-state index contributed by atoms with van der Waals surface area (Å²) >= 11 is 1.65. The fourth-order valence-corrected chi connectivity index (χ4v) is 4.96. The molecule has 6 heteroatoms. The largest absolute Gasteiger partial charge is 0.356 e. The van der Waals surface area contributed by atoms with Gasteiger partial charge in [0, 0.05) is 36.7 Å². The van der Waals surface area contributed by atoms with Crippen LogP contribution >= 0.6 is 11.3 Å². The number of rotatable bonds is 5. The highest BCUT2D eigenvalue weighted by Crippen LogP contribution is 2.32. The predicted octanol–water partition coefficient (Wildman–Crippen LogP) is 4.34. The molecule has 150 valence electrons. The van der Waals surface area contributed by atoms with Crippen molar-refractivity contribution in [3.8, 4) is 10.6 Å². The molecule has 0 bridgehead atoms. The van der Waals surface area contributed by atoms with Gasteiger partial charge in [-0.3, -0.25) is 9.59 Å². The van der Waals surface area contributed by atoms with Crippen molar-refractivity contribution in [1.82, 2.24) is 15.2 Å². The van der Waals surface area contributed by atoms with Gasteiger partial charge in [0.05, 0.1) is 10.2 Å². The highest BCUT2D eigenvalue weighted by molar-refractivity contribution is 7.21.